The lowest BCUT2D eigenvalue weighted by Gasteiger charge is -1.86. The highest BCUT2D eigenvalue weighted by Crippen LogP contribution is 2.13. The number of thioether (sulfide) groups is 1. The van der Waals surface area contributed by atoms with Crippen LogP contribution in [0.25, 0.3) is 0 Å². The van der Waals surface area contributed by atoms with Crippen LogP contribution in [0.3, 0.4) is 0 Å². The lowest BCUT2D eigenvalue weighted by atomic mass is 10.8. The second kappa shape index (κ2) is 3.38. The SMILES string of the molecule is Cc1noc(SCC(=O)O)n1. The minimum atomic E-state index is -0.897. The van der Waals surface area contributed by atoms with Gasteiger partial charge in [-0.15, -0.1) is 0 Å². The Morgan fingerprint density at radius 1 is 1.82 bits per heavy atom. The molecule has 0 amide bonds. The van der Waals surface area contributed by atoms with Gasteiger partial charge < -0.3 is 9.63 Å². The van der Waals surface area contributed by atoms with E-state index >= 15 is 0 Å². The third-order valence-electron chi connectivity index (χ3n) is 0.828. The quantitative estimate of drug-likeness (QED) is 0.674. The zero-order chi connectivity index (χ0) is 8.27. The maximum Gasteiger partial charge on any atom is 0.314 e. The topological polar surface area (TPSA) is 76.2 Å². The maximum absolute atomic E-state index is 10.1. The number of aliphatic carboxylic acids is 1. The molecule has 0 aliphatic rings. The van der Waals surface area contributed by atoms with Crippen LogP contribution in [0.15, 0.2) is 9.75 Å². The number of hydrogen-bond donors (Lipinski definition) is 1. The molecular weight excluding hydrogens is 168 g/mol. The molecule has 11 heavy (non-hydrogen) atoms. The van der Waals surface area contributed by atoms with E-state index in [1.165, 1.54) is 0 Å². The van der Waals surface area contributed by atoms with Gasteiger partial charge in [0.25, 0.3) is 5.22 Å². The fourth-order valence-electron chi connectivity index (χ4n) is 0.460. The molecule has 1 heterocycles. The maximum atomic E-state index is 10.1. The van der Waals surface area contributed by atoms with Gasteiger partial charge in [-0.2, -0.15) is 4.98 Å². The van der Waals surface area contributed by atoms with Crippen molar-refractivity contribution in [3.8, 4) is 0 Å². The van der Waals surface area contributed by atoms with Crippen LogP contribution in [0.5, 0.6) is 0 Å². The Morgan fingerprint density at radius 2 is 2.55 bits per heavy atom. The molecule has 0 saturated heterocycles. The van der Waals surface area contributed by atoms with Crippen molar-refractivity contribution >= 4 is 17.7 Å². The van der Waals surface area contributed by atoms with Crippen LogP contribution in [-0.4, -0.2) is 27.0 Å². The minimum Gasteiger partial charge on any atom is -0.481 e. The summed E-state index contributed by atoms with van der Waals surface area (Å²) < 4.78 is 4.65. The van der Waals surface area contributed by atoms with Crippen molar-refractivity contribution in [2.75, 3.05) is 5.75 Å². The lowest BCUT2D eigenvalue weighted by molar-refractivity contribution is -0.133. The summed E-state index contributed by atoms with van der Waals surface area (Å²) in [5, 5.41) is 12.1. The molecule has 0 atom stereocenters. The molecule has 6 heteroatoms. The monoisotopic (exact) mass is 174 g/mol. The van der Waals surface area contributed by atoms with Crippen LogP contribution in [-0.2, 0) is 4.79 Å². The van der Waals surface area contributed by atoms with Gasteiger partial charge in [-0.1, -0.05) is 16.9 Å². The normalized spacial score (nSPS) is 9.91. The zero-order valence-corrected chi connectivity index (χ0v) is 6.59. The van der Waals surface area contributed by atoms with Crippen molar-refractivity contribution in [3.63, 3.8) is 0 Å². The summed E-state index contributed by atoms with van der Waals surface area (Å²) in [4.78, 5) is 13.9. The van der Waals surface area contributed by atoms with Gasteiger partial charge in [0, 0.05) is 0 Å². The first-order valence-corrected chi connectivity index (χ1v) is 3.82. The molecule has 1 N–H and O–H groups in total. The molecule has 0 spiro atoms. The van der Waals surface area contributed by atoms with Gasteiger partial charge in [-0.05, 0) is 6.92 Å². The molecule has 0 aromatic carbocycles. The second-order valence-corrected chi connectivity index (χ2v) is 2.72. The highest BCUT2D eigenvalue weighted by atomic mass is 32.2. The van der Waals surface area contributed by atoms with Gasteiger partial charge in [0.2, 0.25) is 0 Å². The van der Waals surface area contributed by atoms with Crippen LogP contribution < -0.4 is 0 Å². The highest BCUT2D eigenvalue weighted by molar-refractivity contribution is 7.99. The first-order chi connectivity index (χ1) is 5.18. The van der Waals surface area contributed by atoms with Gasteiger partial charge in [0.05, 0.1) is 0 Å². The van der Waals surface area contributed by atoms with E-state index in [1.807, 2.05) is 0 Å². The van der Waals surface area contributed by atoms with E-state index in [0.29, 0.717) is 11.0 Å². The van der Waals surface area contributed by atoms with Crippen LogP contribution in [0.1, 0.15) is 5.82 Å². The Bertz CT molecular complexity index is 260. The Labute approximate surface area is 66.8 Å². The van der Waals surface area contributed by atoms with Crippen molar-refractivity contribution < 1.29 is 14.4 Å². The number of carboxylic acid groups (broad SMARTS) is 1. The lowest BCUT2D eigenvalue weighted by Crippen LogP contribution is -1.97. The average molecular weight is 174 g/mol. The summed E-state index contributed by atoms with van der Waals surface area (Å²) in [5.74, 6) is -0.439. The van der Waals surface area contributed by atoms with E-state index in [-0.39, 0.29) is 5.75 Å². The largest absolute Gasteiger partial charge is 0.481 e. The van der Waals surface area contributed by atoms with Gasteiger partial charge in [0.1, 0.15) is 5.75 Å². The van der Waals surface area contributed by atoms with E-state index in [9.17, 15) is 4.79 Å². The number of rotatable bonds is 3. The minimum absolute atomic E-state index is 0.0539. The number of carbonyl (C=O) groups is 1. The van der Waals surface area contributed by atoms with Crippen molar-refractivity contribution in [1.29, 1.82) is 0 Å². The van der Waals surface area contributed by atoms with Crippen LogP contribution in [0, 0.1) is 6.92 Å². The molecule has 1 aromatic rings. The molecule has 1 aromatic heterocycles. The van der Waals surface area contributed by atoms with Crippen molar-refractivity contribution in [1.82, 2.24) is 10.1 Å². The first kappa shape index (κ1) is 8.06. The summed E-state index contributed by atoms with van der Waals surface area (Å²) in [7, 11) is 0. The van der Waals surface area contributed by atoms with Crippen molar-refractivity contribution in [2.24, 2.45) is 0 Å². The molecule has 1 rings (SSSR count). The summed E-state index contributed by atoms with van der Waals surface area (Å²) >= 11 is 1.01. The number of aromatic nitrogens is 2. The number of aryl methyl sites for hydroxylation is 1. The van der Waals surface area contributed by atoms with E-state index in [2.05, 4.69) is 14.7 Å². The number of hydrogen-bond acceptors (Lipinski definition) is 5. The summed E-state index contributed by atoms with van der Waals surface area (Å²) in [6.45, 7) is 1.67. The van der Waals surface area contributed by atoms with E-state index < -0.39 is 5.97 Å². The predicted molar refractivity (Wildman–Crippen MR) is 37.4 cm³/mol. The Hall–Kier alpha value is -1.04. The van der Waals surface area contributed by atoms with E-state index in [0.717, 1.165) is 11.8 Å². The fourth-order valence-corrected chi connectivity index (χ4v) is 0.994. The standard InChI is InChI=1S/C5H6N2O3S/c1-3-6-5(10-7-3)11-2-4(8)9/h2H2,1H3,(H,8,9). The van der Waals surface area contributed by atoms with Gasteiger partial charge >= 0.3 is 5.97 Å². The van der Waals surface area contributed by atoms with E-state index in [4.69, 9.17) is 5.11 Å². The van der Waals surface area contributed by atoms with E-state index in [1.54, 1.807) is 6.92 Å². The second-order valence-electron chi connectivity index (χ2n) is 1.79. The molecule has 0 unspecified atom stereocenters. The Morgan fingerprint density at radius 3 is 3.00 bits per heavy atom. The third kappa shape index (κ3) is 2.58. The highest BCUT2D eigenvalue weighted by Gasteiger charge is 2.05. The molecule has 0 fully saturated rings. The van der Waals surface area contributed by atoms with Gasteiger partial charge in [-0.3, -0.25) is 4.79 Å². The molecule has 0 saturated carbocycles. The first-order valence-electron chi connectivity index (χ1n) is 2.83. The fraction of sp³-hybridized carbons (Fsp3) is 0.400. The summed E-state index contributed by atoms with van der Waals surface area (Å²) in [6, 6.07) is 0. The van der Waals surface area contributed by atoms with Gasteiger partial charge in [-0.25, -0.2) is 0 Å². The number of nitrogens with zero attached hydrogens (tertiary/aromatic N) is 2. The summed E-state index contributed by atoms with van der Waals surface area (Å²) in [6.07, 6.45) is 0. The smallest absolute Gasteiger partial charge is 0.314 e. The van der Waals surface area contributed by atoms with Crippen LogP contribution >= 0.6 is 11.8 Å². The Kier molecular flexibility index (Phi) is 2.48. The van der Waals surface area contributed by atoms with Crippen LogP contribution in [0.2, 0.25) is 0 Å². The van der Waals surface area contributed by atoms with Crippen LogP contribution in [0.4, 0.5) is 0 Å². The third-order valence-corrected chi connectivity index (χ3v) is 1.63. The summed E-state index contributed by atoms with van der Waals surface area (Å²) in [5.41, 5.74) is 0. The average Bonchev–Trinajstić information content (AvgIpc) is 2.31. The molecule has 60 valence electrons. The Balaban J connectivity index is 2.45. The van der Waals surface area contributed by atoms with Crippen molar-refractivity contribution in [2.45, 2.75) is 12.1 Å². The number of carboxylic acids is 1. The zero-order valence-electron chi connectivity index (χ0n) is 5.77. The molecule has 5 nitrogen and oxygen atoms in total. The molecule has 0 aliphatic carbocycles. The molecule has 0 radical (unpaired) electrons. The molecular formula is C5H6N2O3S. The van der Waals surface area contributed by atoms with Crippen molar-refractivity contribution in [3.05, 3.63) is 5.82 Å². The predicted octanol–water partition coefficient (Wildman–Crippen LogP) is 0.555. The molecule has 0 bridgehead atoms. The molecule has 0 aliphatic heterocycles. The van der Waals surface area contributed by atoms with Gasteiger partial charge in [0.15, 0.2) is 5.82 Å².